The zero-order chi connectivity index (χ0) is 17.5. The molecule has 1 aromatic carbocycles. The molecule has 2 aromatic rings. The van der Waals surface area contributed by atoms with E-state index in [2.05, 4.69) is 10.4 Å². The maximum Gasteiger partial charge on any atom is 0.408 e. The molecule has 7 heteroatoms. The average molecular weight is 331 g/mol. The van der Waals surface area contributed by atoms with E-state index in [-0.39, 0.29) is 6.61 Å². The fourth-order valence-corrected chi connectivity index (χ4v) is 2.22. The standard InChI is InChI=1S/C17H21N3O4/c1-3-13-9-18-20(10-13)12(2)15(16(21)22)19-17(23)24-11-14-7-5-4-6-8-14/h4-10,12,15H,3,11H2,1-2H3,(H,19,23)(H,21,22). The molecule has 0 aliphatic carbocycles. The number of hydrogen-bond donors (Lipinski definition) is 2. The number of nitrogens with zero attached hydrogens (tertiary/aromatic N) is 2. The number of nitrogens with one attached hydrogen (secondary N) is 1. The van der Waals surface area contributed by atoms with Gasteiger partial charge in [0.05, 0.1) is 12.2 Å². The summed E-state index contributed by atoms with van der Waals surface area (Å²) in [6.07, 6.45) is 3.48. The van der Waals surface area contributed by atoms with Gasteiger partial charge < -0.3 is 15.2 Å². The van der Waals surface area contributed by atoms with Gasteiger partial charge in [-0.1, -0.05) is 37.3 Å². The topological polar surface area (TPSA) is 93.5 Å². The molecule has 2 atom stereocenters. The van der Waals surface area contributed by atoms with E-state index in [4.69, 9.17) is 4.74 Å². The molecule has 1 aromatic heterocycles. The minimum Gasteiger partial charge on any atom is -0.480 e. The molecule has 0 aliphatic heterocycles. The number of rotatable bonds is 7. The van der Waals surface area contributed by atoms with Gasteiger partial charge in [-0.05, 0) is 24.5 Å². The van der Waals surface area contributed by atoms with Crippen LogP contribution >= 0.6 is 0 Å². The van der Waals surface area contributed by atoms with E-state index in [0.717, 1.165) is 17.5 Å². The maximum absolute atomic E-state index is 11.9. The number of aryl methyl sites for hydroxylation is 1. The molecular formula is C17H21N3O4. The molecule has 0 fully saturated rings. The van der Waals surface area contributed by atoms with Crippen molar-refractivity contribution in [2.75, 3.05) is 0 Å². The second-order valence-electron chi connectivity index (χ2n) is 5.44. The van der Waals surface area contributed by atoms with Gasteiger partial charge in [0, 0.05) is 6.20 Å². The third kappa shape index (κ3) is 4.58. The van der Waals surface area contributed by atoms with Crippen molar-refractivity contribution < 1.29 is 19.4 Å². The lowest BCUT2D eigenvalue weighted by Crippen LogP contribution is -2.46. The molecule has 128 valence electrons. The summed E-state index contributed by atoms with van der Waals surface area (Å²) in [6, 6.07) is 7.48. The Balaban J connectivity index is 1.97. The van der Waals surface area contributed by atoms with Crippen LogP contribution in [-0.2, 0) is 22.6 Å². The van der Waals surface area contributed by atoms with Crippen molar-refractivity contribution in [3.63, 3.8) is 0 Å². The first-order valence-corrected chi connectivity index (χ1v) is 7.74. The van der Waals surface area contributed by atoms with Crippen molar-refractivity contribution in [2.45, 2.75) is 39.0 Å². The van der Waals surface area contributed by atoms with E-state index in [1.54, 1.807) is 19.3 Å². The summed E-state index contributed by atoms with van der Waals surface area (Å²) in [5.74, 6) is -1.15. The summed E-state index contributed by atoms with van der Waals surface area (Å²) in [4.78, 5) is 23.4. The summed E-state index contributed by atoms with van der Waals surface area (Å²) in [5, 5.41) is 15.9. The van der Waals surface area contributed by atoms with Crippen LogP contribution in [0.2, 0.25) is 0 Å². The van der Waals surface area contributed by atoms with Gasteiger partial charge >= 0.3 is 12.1 Å². The van der Waals surface area contributed by atoms with Crippen LogP contribution in [0.3, 0.4) is 0 Å². The molecule has 2 N–H and O–H groups in total. The smallest absolute Gasteiger partial charge is 0.408 e. The van der Waals surface area contributed by atoms with Gasteiger partial charge in [-0.25, -0.2) is 9.59 Å². The van der Waals surface area contributed by atoms with Crippen molar-refractivity contribution in [1.29, 1.82) is 0 Å². The molecule has 7 nitrogen and oxygen atoms in total. The van der Waals surface area contributed by atoms with Gasteiger partial charge in [-0.2, -0.15) is 5.10 Å². The second-order valence-corrected chi connectivity index (χ2v) is 5.44. The number of carboxylic acid groups (broad SMARTS) is 1. The van der Waals surface area contributed by atoms with Crippen molar-refractivity contribution in [3.8, 4) is 0 Å². The molecule has 2 rings (SSSR count). The van der Waals surface area contributed by atoms with Crippen LogP contribution in [0.15, 0.2) is 42.7 Å². The molecule has 0 saturated heterocycles. The number of carboxylic acids is 1. The Morgan fingerprint density at radius 3 is 2.58 bits per heavy atom. The van der Waals surface area contributed by atoms with Crippen LogP contribution in [-0.4, -0.2) is 33.0 Å². The van der Waals surface area contributed by atoms with E-state index in [1.165, 1.54) is 4.68 Å². The number of hydrogen-bond acceptors (Lipinski definition) is 4. The third-order valence-corrected chi connectivity index (χ3v) is 3.72. The summed E-state index contributed by atoms with van der Waals surface area (Å²) in [5.41, 5.74) is 1.82. The van der Waals surface area contributed by atoms with Crippen molar-refractivity contribution in [3.05, 3.63) is 53.9 Å². The van der Waals surface area contributed by atoms with E-state index in [0.29, 0.717) is 0 Å². The third-order valence-electron chi connectivity index (χ3n) is 3.72. The molecule has 0 bridgehead atoms. The first kappa shape index (κ1) is 17.5. The van der Waals surface area contributed by atoms with E-state index >= 15 is 0 Å². The SMILES string of the molecule is CCc1cnn(C(C)C(NC(=O)OCc2ccccc2)C(=O)O)c1. The van der Waals surface area contributed by atoms with Crippen molar-refractivity contribution >= 4 is 12.1 Å². The highest BCUT2D eigenvalue weighted by Gasteiger charge is 2.29. The monoisotopic (exact) mass is 331 g/mol. The van der Waals surface area contributed by atoms with Crippen LogP contribution in [0.25, 0.3) is 0 Å². The fraction of sp³-hybridized carbons (Fsp3) is 0.353. The number of benzene rings is 1. The first-order chi connectivity index (χ1) is 11.5. The van der Waals surface area contributed by atoms with Gasteiger partial charge in [0.2, 0.25) is 0 Å². The maximum atomic E-state index is 11.9. The van der Waals surface area contributed by atoms with Crippen LogP contribution in [0, 0.1) is 0 Å². The predicted octanol–water partition coefficient (Wildman–Crippen LogP) is 2.39. The Kier molecular flexibility index (Phi) is 5.95. The minimum atomic E-state index is -1.15. The van der Waals surface area contributed by atoms with Gasteiger partial charge in [0.1, 0.15) is 6.61 Å². The summed E-state index contributed by atoms with van der Waals surface area (Å²) in [7, 11) is 0. The Morgan fingerprint density at radius 1 is 1.29 bits per heavy atom. The molecule has 0 spiro atoms. The molecule has 0 saturated carbocycles. The molecule has 2 unspecified atom stereocenters. The predicted molar refractivity (Wildman–Crippen MR) is 87.5 cm³/mol. The molecule has 0 aliphatic rings. The van der Waals surface area contributed by atoms with E-state index in [1.807, 2.05) is 37.3 Å². The molecule has 0 radical (unpaired) electrons. The Hall–Kier alpha value is -2.83. The second kappa shape index (κ2) is 8.14. The highest BCUT2D eigenvalue weighted by atomic mass is 16.5. The normalized spacial score (nSPS) is 13.1. The number of carbonyl (C=O) groups excluding carboxylic acids is 1. The number of amides is 1. The zero-order valence-corrected chi connectivity index (χ0v) is 13.7. The van der Waals surface area contributed by atoms with Crippen LogP contribution in [0.4, 0.5) is 4.79 Å². The minimum absolute atomic E-state index is 0.0785. The van der Waals surface area contributed by atoms with E-state index in [9.17, 15) is 14.7 Å². The summed E-state index contributed by atoms with van der Waals surface area (Å²) < 4.78 is 6.61. The lowest BCUT2D eigenvalue weighted by Gasteiger charge is -2.21. The lowest BCUT2D eigenvalue weighted by atomic mass is 10.1. The highest BCUT2D eigenvalue weighted by Crippen LogP contribution is 2.13. The van der Waals surface area contributed by atoms with Gasteiger partial charge in [0.15, 0.2) is 6.04 Å². The Morgan fingerprint density at radius 2 is 2.00 bits per heavy atom. The average Bonchev–Trinajstić information content (AvgIpc) is 3.07. The number of carbonyl (C=O) groups is 2. The van der Waals surface area contributed by atoms with Crippen LogP contribution in [0.5, 0.6) is 0 Å². The van der Waals surface area contributed by atoms with Gasteiger partial charge in [-0.15, -0.1) is 0 Å². The van der Waals surface area contributed by atoms with Crippen molar-refractivity contribution in [2.24, 2.45) is 0 Å². The fourth-order valence-electron chi connectivity index (χ4n) is 2.22. The lowest BCUT2D eigenvalue weighted by molar-refractivity contribution is -0.140. The zero-order valence-electron chi connectivity index (χ0n) is 13.7. The van der Waals surface area contributed by atoms with Crippen LogP contribution < -0.4 is 5.32 Å². The van der Waals surface area contributed by atoms with Crippen LogP contribution in [0.1, 0.15) is 31.0 Å². The number of alkyl carbamates (subject to hydrolysis) is 1. The number of ether oxygens (including phenoxy) is 1. The molecule has 1 heterocycles. The molecular weight excluding hydrogens is 310 g/mol. The Labute approximate surface area is 140 Å². The van der Waals surface area contributed by atoms with E-state index < -0.39 is 24.1 Å². The largest absolute Gasteiger partial charge is 0.480 e. The van der Waals surface area contributed by atoms with Crippen molar-refractivity contribution in [1.82, 2.24) is 15.1 Å². The quantitative estimate of drug-likeness (QED) is 0.812. The Bertz CT molecular complexity index is 684. The number of aliphatic carboxylic acids is 1. The summed E-state index contributed by atoms with van der Waals surface area (Å²) in [6.45, 7) is 3.75. The molecule has 1 amide bonds. The summed E-state index contributed by atoms with van der Waals surface area (Å²) >= 11 is 0. The highest BCUT2D eigenvalue weighted by molar-refractivity contribution is 5.80. The first-order valence-electron chi connectivity index (χ1n) is 7.74. The van der Waals surface area contributed by atoms with Gasteiger partial charge in [-0.3, -0.25) is 4.68 Å². The van der Waals surface area contributed by atoms with Gasteiger partial charge in [0.25, 0.3) is 0 Å². The molecule has 24 heavy (non-hydrogen) atoms. The number of aromatic nitrogens is 2.